The summed E-state index contributed by atoms with van der Waals surface area (Å²) >= 11 is 0. The molecule has 0 spiro atoms. The number of hydrogen-bond acceptors (Lipinski definition) is 5. The predicted molar refractivity (Wildman–Crippen MR) is 91.4 cm³/mol. The Bertz CT molecular complexity index is 845. The van der Waals surface area contributed by atoms with Gasteiger partial charge in [0.05, 0.1) is 23.7 Å². The third-order valence-corrected chi connectivity index (χ3v) is 5.57. The van der Waals surface area contributed by atoms with Gasteiger partial charge in [0.1, 0.15) is 5.82 Å². The molecule has 8 heteroatoms. The first-order valence-electron chi connectivity index (χ1n) is 7.76. The number of aromatic nitrogens is 2. The average molecular weight is 348 g/mol. The largest absolute Gasteiger partial charge is 0.383 e. The van der Waals surface area contributed by atoms with Crippen LogP contribution in [0.3, 0.4) is 0 Å². The van der Waals surface area contributed by atoms with E-state index in [0.717, 1.165) is 5.69 Å². The standard InChI is InChI=1S/C16H20N4O3S/c1-24(22,23)19-9-5-6-12(11-19)15(21)14-10-18-20(16(14)17)13-7-3-2-4-8-13/h2-4,7-8,10,12H,5-6,9,11,17H2,1H3. The summed E-state index contributed by atoms with van der Waals surface area (Å²) in [4.78, 5) is 12.8. The van der Waals surface area contributed by atoms with E-state index in [4.69, 9.17) is 5.73 Å². The van der Waals surface area contributed by atoms with Crippen LogP contribution in [0.5, 0.6) is 0 Å². The summed E-state index contributed by atoms with van der Waals surface area (Å²) in [5.74, 6) is -0.255. The number of nitrogens with two attached hydrogens (primary N) is 1. The Labute approximate surface area is 141 Å². The summed E-state index contributed by atoms with van der Waals surface area (Å²) in [5.41, 5.74) is 7.23. The Morgan fingerprint density at radius 1 is 1.29 bits per heavy atom. The van der Waals surface area contributed by atoms with Gasteiger partial charge in [-0.3, -0.25) is 4.79 Å². The molecule has 128 valence electrons. The van der Waals surface area contributed by atoms with Crippen molar-refractivity contribution in [3.63, 3.8) is 0 Å². The molecule has 1 unspecified atom stereocenters. The van der Waals surface area contributed by atoms with Gasteiger partial charge >= 0.3 is 0 Å². The molecule has 0 aliphatic carbocycles. The van der Waals surface area contributed by atoms with E-state index < -0.39 is 10.0 Å². The Balaban J connectivity index is 1.85. The monoisotopic (exact) mass is 348 g/mol. The smallest absolute Gasteiger partial charge is 0.211 e. The summed E-state index contributed by atoms with van der Waals surface area (Å²) in [7, 11) is -3.29. The molecule has 1 fully saturated rings. The Hall–Kier alpha value is -2.19. The second-order valence-electron chi connectivity index (χ2n) is 6.02. The van der Waals surface area contributed by atoms with Gasteiger partial charge in [0.15, 0.2) is 5.78 Å². The lowest BCUT2D eigenvalue weighted by atomic mass is 9.92. The Morgan fingerprint density at radius 3 is 2.67 bits per heavy atom. The molecule has 0 amide bonds. The lowest BCUT2D eigenvalue weighted by molar-refractivity contribution is 0.0873. The van der Waals surface area contributed by atoms with E-state index in [1.165, 1.54) is 21.4 Å². The minimum atomic E-state index is -3.29. The van der Waals surface area contributed by atoms with E-state index in [-0.39, 0.29) is 24.1 Å². The maximum Gasteiger partial charge on any atom is 0.211 e. The number of carbonyl (C=O) groups is 1. The van der Waals surface area contributed by atoms with Crippen LogP contribution in [0.1, 0.15) is 23.2 Å². The summed E-state index contributed by atoms with van der Waals surface area (Å²) in [6, 6.07) is 9.32. The van der Waals surface area contributed by atoms with Gasteiger partial charge in [-0.1, -0.05) is 18.2 Å². The van der Waals surface area contributed by atoms with E-state index in [2.05, 4.69) is 5.10 Å². The molecule has 1 atom stereocenters. The molecule has 1 aromatic heterocycles. The summed E-state index contributed by atoms with van der Waals surface area (Å²) in [6.07, 6.45) is 3.95. The van der Waals surface area contributed by atoms with Crippen molar-refractivity contribution in [2.24, 2.45) is 5.92 Å². The number of nitrogens with zero attached hydrogens (tertiary/aromatic N) is 3. The highest BCUT2D eigenvalue weighted by atomic mass is 32.2. The van der Waals surface area contributed by atoms with Gasteiger partial charge in [-0.15, -0.1) is 0 Å². The fourth-order valence-electron chi connectivity index (χ4n) is 3.00. The van der Waals surface area contributed by atoms with Crippen LogP contribution in [0.25, 0.3) is 5.69 Å². The minimum absolute atomic E-state index is 0.150. The molecule has 0 saturated carbocycles. The van der Waals surface area contributed by atoms with Crippen molar-refractivity contribution < 1.29 is 13.2 Å². The Morgan fingerprint density at radius 2 is 2.00 bits per heavy atom. The number of piperidine rings is 1. The van der Waals surface area contributed by atoms with Crippen LogP contribution in [0, 0.1) is 5.92 Å². The van der Waals surface area contributed by atoms with E-state index >= 15 is 0 Å². The van der Waals surface area contributed by atoms with Crippen LogP contribution in [0.15, 0.2) is 36.5 Å². The van der Waals surface area contributed by atoms with E-state index in [1.807, 2.05) is 30.3 Å². The van der Waals surface area contributed by atoms with Crippen molar-refractivity contribution in [3.05, 3.63) is 42.1 Å². The minimum Gasteiger partial charge on any atom is -0.383 e. The fourth-order valence-corrected chi connectivity index (χ4v) is 3.91. The molecule has 1 saturated heterocycles. The summed E-state index contributed by atoms with van der Waals surface area (Å²) in [5, 5.41) is 4.21. The molecule has 3 rings (SSSR count). The van der Waals surface area contributed by atoms with Crippen LogP contribution < -0.4 is 5.73 Å². The number of sulfonamides is 1. The molecule has 0 radical (unpaired) electrons. The number of carbonyl (C=O) groups excluding carboxylic acids is 1. The highest BCUT2D eigenvalue weighted by Crippen LogP contribution is 2.26. The van der Waals surface area contributed by atoms with E-state index in [9.17, 15) is 13.2 Å². The molecular formula is C16H20N4O3S. The van der Waals surface area contributed by atoms with Gasteiger partial charge in [0, 0.05) is 19.0 Å². The van der Waals surface area contributed by atoms with Crippen LogP contribution in [0.2, 0.25) is 0 Å². The van der Waals surface area contributed by atoms with Gasteiger partial charge in [0.2, 0.25) is 10.0 Å². The Kier molecular flexibility index (Phi) is 4.42. The van der Waals surface area contributed by atoms with Crippen molar-refractivity contribution in [1.82, 2.24) is 14.1 Å². The summed E-state index contributed by atoms with van der Waals surface area (Å²) < 4.78 is 26.3. The zero-order chi connectivity index (χ0) is 17.3. The topological polar surface area (TPSA) is 98.3 Å². The van der Waals surface area contributed by atoms with Gasteiger partial charge in [-0.25, -0.2) is 17.4 Å². The number of ketones is 1. The zero-order valence-electron chi connectivity index (χ0n) is 13.4. The maximum atomic E-state index is 12.8. The van der Waals surface area contributed by atoms with Gasteiger partial charge in [-0.2, -0.15) is 5.10 Å². The van der Waals surface area contributed by atoms with Crippen molar-refractivity contribution >= 4 is 21.6 Å². The van der Waals surface area contributed by atoms with Gasteiger partial charge in [0.25, 0.3) is 0 Å². The number of rotatable bonds is 4. The molecule has 1 aliphatic rings. The molecule has 2 aromatic rings. The number of hydrogen-bond donors (Lipinski definition) is 1. The summed E-state index contributed by atoms with van der Waals surface area (Å²) in [6.45, 7) is 0.662. The van der Waals surface area contributed by atoms with Crippen molar-refractivity contribution in [1.29, 1.82) is 0 Å². The molecule has 24 heavy (non-hydrogen) atoms. The van der Waals surface area contributed by atoms with Gasteiger partial charge in [-0.05, 0) is 25.0 Å². The van der Waals surface area contributed by atoms with E-state index in [0.29, 0.717) is 24.9 Å². The number of benzene rings is 1. The number of Topliss-reactive ketones (excluding diaryl/α,β-unsaturated/α-hetero) is 1. The molecule has 7 nitrogen and oxygen atoms in total. The molecule has 1 aliphatic heterocycles. The molecular weight excluding hydrogens is 328 g/mol. The van der Waals surface area contributed by atoms with Crippen LogP contribution in [0.4, 0.5) is 5.82 Å². The fraction of sp³-hybridized carbons (Fsp3) is 0.375. The zero-order valence-corrected chi connectivity index (χ0v) is 14.2. The van der Waals surface area contributed by atoms with Crippen LogP contribution >= 0.6 is 0 Å². The SMILES string of the molecule is CS(=O)(=O)N1CCCC(C(=O)c2cnn(-c3ccccc3)c2N)C1. The predicted octanol–water partition coefficient (Wildman–Crippen LogP) is 1.31. The number of anilines is 1. The first-order valence-corrected chi connectivity index (χ1v) is 9.61. The highest BCUT2D eigenvalue weighted by molar-refractivity contribution is 7.88. The van der Waals surface area contributed by atoms with Gasteiger partial charge < -0.3 is 5.73 Å². The quantitative estimate of drug-likeness (QED) is 0.840. The number of nitrogen functional groups attached to an aromatic ring is 1. The molecule has 0 bridgehead atoms. The van der Waals surface area contributed by atoms with E-state index in [1.54, 1.807) is 0 Å². The first kappa shape index (κ1) is 16.7. The maximum absolute atomic E-state index is 12.8. The second kappa shape index (κ2) is 6.37. The second-order valence-corrected chi connectivity index (χ2v) is 8.00. The van der Waals surface area contributed by atoms with Crippen molar-refractivity contribution in [2.75, 3.05) is 25.1 Å². The average Bonchev–Trinajstić information content (AvgIpc) is 2.96. The third-order valence-electron chi connectivity index (χ3n) is 4.30. The first-order chi connectivity index (χ1) is 11.4. The normalized spacial score (nSPS) is 19.3. The molecule has 2 heterocycles. The lowest BCUT2D eigenvalue weighted by Crippen LogP contribution is -2.41. The van der Waals surface area contributed by atoms with Crippen LogP contribution in [-0.2, 0) is 10.0 Å². The third kappa shape index (κ3) is 3.20. The lowest BCUT2D eigenvalue weighted by Gasteiger charge is -2.29. The van der Waals surface area contributed by atoms with Crippen molar-refractivity contribution in [2.45, 2.75) is 12.8 Å². The van der Waals surface area contributed by atoms with Crippen molar-refractivity contribution in [3.8, 4) is 5.69 Å². The molecule has 2 N–H and O–H groups in total. The number of para-hydroxylation sites is 1. The molecule has 1 aromatic carbocycles. The van der Waals surface area contributed by atoms with Crippen LogP contribution in [-0.4, -0.2) is 47.6 Å². The highest BCUT2D eigenvalue weighted by Gasteiger charge is 2.32.